The predicted octanol–water partition coefficient (Wildman–Crippen LogP) is 4.10. The number of hydrogen-bond acceptors (Lipinski definition) is 6. The van der Waals surface area contributed by atoms with E-state index < -0.39 is 12.0 Å². The van der Waals surface area contributed by atoms with Crippen LogP contribution in [0.25, 0.3) is 11.3 Å². The molecule has 152 valence electrons. The van der Waals surface area contributed by atoms with Crippen molar-refractivity contribution < 1.29 is 18.3 Å². The third-order valence-corrected chi connectivity index (χ3v) is 4.86. The molecule has 3 rings (SSSR count). The molecule has 0 N–H and O–H groups in total. The standard InChI is InChI=1S/C18H23F2N5O2S/c1-10-13(22-16(28-5)23-14(10)15(19)20)11-6-21-25(7-11)12-8-24(9-12)17(26)27-18(2,3)4/h6-7,12,15H,8-9H2,1-5H3. The molecule has 28 heavy (non-hydrogen) atoms. The number of rotatable bonds is 4. The quantitative estimate of drug-likeness (QED) is 0.557. The lowest BCUT2D eigenvalue weighted by Gasteiger charge is -2.39. The van der Waals surface area contributed by atoms with E-state index in [0.717, 1.165) is 0 Å². The van der Waals surface area contributed by atoms with Gasteiger partial charge in [-0.25, -0.2) is 23.5 Å². The lowest BCUT2D eigenvalue weighted by atomic mass is 10.1. The maximum atomic E-state index is 13.3. The molecule has 0 aliphatic carbocycles. The van der Waals surface area contributed by atoms with Crippen LogP contribution in [-0.2, 0) is 4.74 Å². The summed E-state index contributed by atoms with van der Waals surface area (Å²) in [5.41, 5.74) is 0.637. The number of carbonyl (C=O) groups excluding carboxylic acids is 1. The first-order chi connectivity index (χ1) is 13.1. The van der Waals surface area contributed by atoms with E-state index in [1.54, 1.807) is 35.2 Å². The second-order valence-corrected chi connectivity index (χ2v) is 8.39. The molecule has 2 aromatic rings. The van der Waals surface area contributed by atoms with Crippen LogP contribution in [0.5, 0.6) is 0 Å². The molecule has 0 aromatic carbocycles. The summed E-state index contributed by atoms with van der Waals surface area (Å²) in [5.74, 6) is 0. The van der Waals surface area contributed by atoms with Gasteiger partial charge in [-0.3, -0.25) is 4.68 Å². The van der Waals surface area contributed by atoms with Crippen LogP contribution in [0.2, 0.25) is 0 Å². The van der Waals surface area contributed by atoms with Crippen LogP contribution in [-0.4, -0.2) is 55.7 Å². The highest BCUT2D eigenvalue weighted by molar-refractivity contribution is 7.98. The van der Waals surface area contributed by atoms with Crippen molar-refractivity contribution in [3.8, 4) is 11.3 Å². The Morgan fingerprint density at radius 1 is 1.32 bits per heavy atom. The van der Waals surface area contributed by atoms with Crippen molar-refractivity contribution in [2.45, 2.75) is 50.9 Å². The Hall–Kier alpha value is -2.23. The molecular weight excluding hydrogens is 388 g/mol. The van der Waals surface area contributed by atoms with E-state index in [1.165, 1.54) is 11.8 Å². The van der Waals surface area contributed by atoms with Gasteiger partial charge in [0.25, 0.3) is 6.43 Å². The number of nitrogens with zero attached hydrogens (tertiary/aromatic N) is 5. The van der Waals surface area contributed by atoms with Crippen molar-refractivity contribution in [1.82, 2.24) is 24.6 Å². The van der Waals surface area contributed by atoms with Crippen LogP contribution in [0.4, 0.5) is 13.6 Å². The minimum Gasteiger partial charge on any atom is -0.444 e. The Morgan fingerprint density at radius 3 is 2.57 bits per heavy atom. The molecule has 0 unspecified atom stereocenters. The summed E-state index contributed by atoms with van der Waals surface area (Å²) in [6, 6.07) is 0.0120. The smallest absolute Gasteiger partial charge is 0.410 e. The van der Waals surface area contributed by atoms with E-state index >= 15 is 0 Å². The normalized spacial score (nSPS) is 15.1. The minimum absolute atomic E-state index is 0.0120. The largest absolute Gasteiger partial charge is 0.444 e. The topological polar surface area (TPSA) is 73.1 Å². The Morgan fingerprint density at radius 2 is 2.00 bits per heavy atom. The number of amides is 1. The van der Waals surface area contributed by atoms with E-state index in [9.17, 15) is 13.6 Å². The molecule has 0 radical (unpaired) electrons. The summed E-state index contributed by atoms with van der Waals surface area (Å²) in [6.45, 7) is 8.02. The molecule has 1 fully saturated rings. The highest BCUT2D eigenvalue weighted by Gasteiger charge is 2.35. The van der Waals surface area contributed by atoms with Crippen LogP contribution < -0.4 is 0 Å². The molecule has 7 nitrogen and oxygen atoms in total. The van der Waals surface area contributed by atoms with Crippen molar-refractivity contribution in [2.24, 2.45) is 0 Å². The Balaban J connectivity index is 1.76. The van der Waals surface area contributed by atoms with Gasteiger partial charge in [-0.1, -0.05) is 11.8 Å². The van der Waals surface area contributed by atoms with Gasteiger partial charge in [0.05, 0.1) is 17.9 Å². The van der Waals surface area contributed by atoms with Gasteiger partial charge in [0.15, 0.2) is 5.16 Å². The van der Waals surface area contributed by atoms with Gasteiger partial charge in [0.1, 0.15) is 11.3 Å². The molecule has 0 spiro atoms. The zero-order valence-corrected chi connectivity index (χ0v) is 17.3. The summed E-state index contributed by atoms with van der Waals surface area (Å²) in [7, 11) is 0. The van der Waals surface area contributed by atoms with E-state index in [0.29, 0.717) is 35.1 Å². The molecule has 0 bridgehead atoms. The molecule has 0 saturated carbocycles. The van der Waals surface area contributed by atoms with E-state index in [1.807, 2.05) is 20.8 Å². The van der Waals surface area contributed by atoms with Crippen molar-refractivity contribution in [3.63, 3.8) is 0 Å². The first-order valence-electron chi connectivity index (χ1n) is 8.82. The van der Waals surface area contributed by atoms with Crippen LogP contribution >= 0.6 is 11.8 Å². The summed E-state index contributed by atoms with van der Waals surface area (Å²) in [4.78, 5) is 22.0. The van der Waals surface area contributed by atoms with Gasteiger partial charge in [-0.15, -0.1) is 0 Å². The Bertz CT molecular complexity index is 875. The van der Waals surface area contributed by atoms with Crippen molar-refractivity contribution in [3.05, 3.63) is 23.7 Å². The zero-order chi connectivity index (χ0) is 20.6. The van der Waals surface area contributed by atoms with Gasteiger partial charge in [-0.05, 0) is 34.0 Å². The van der Waals surface area contributed by atoms with Gasteiger partial charge in [-0.2, -0.15) is 5.10 Å². The number of carbonyl (C=O) groups is 1. The van der Waals surface area contributed by atoms with Crippen LogP contribution in [0, 0.1) is 6.92 Å². The van der Waals surface area contributed by atoms with Gasteiger partial charge in [0.2, 0.25) is 0 Å². The number of alkyl halides is 2. The highest BCUT2D eigenvalue weighted by atomic mass is 32.2. The molecule has 1 saturated heterocycles. The number of likely N-dealkylation sites (tertiary alicyclic amines) is 1. The first-order valence-corrected chi connectivity index (χ1v) is 10.0. The number of ether oxygens (including phenoxy) is 1. The monoisotopic (exact) mass is 411 g/mol. The number of aromatic nitrogens is 4. The molecular formula is C18H23F2N5O2S. The van der Waals surface area contributed by atoms with E-state index in [4.69, 9.17) is 4.74 Å². The van der Waals surface area contributed by atoms with Crippen molar-refractivity contribution in [2.75, 3.05) is 19.3 Å². The van der Waals surface area contributed by atoms with E-state index in [2.05, 4.69) is 15.1 Å². The molecule has 1 amide bonds. The third kappa shape index (κ3) is 4.26. The van der Waals surface area contributed by atoms with Crippen LogP contribution in [0.3, 0.4) is 0 Å². The van der Waals surface area contributed by atoms with Crippen molar-refractivity contribution in [1.29, 1.82) is 0 Å². The van der Waals surface area contributed by atoms with Crippen LogP contribution in [0.1, 0.15) is 44.5 Å². The van der Waals surface area contributed by atoms with Gasteiger partial charge in [0, 0.05) is 30.4 Å². The zero-order valence-electron chi connectivity index (χ0n) is 16.4. The highest BCUT2D eigenvalue weighted by Crippen LogP contribution is 2.31. The summed E-state index contributed by atoms with van der Waals surface area (Å²) < 4.78 is 33.7. The fraction of sp³-hybridized carbons (Fsp3) is 0.556. The molecule has 2 aromatic heterocycles. The average Bonchev–Trinajstić information content (AvgIpc) is 3.01. The predicted molar refractivity (Wildman–Crippen MR) is 102 cm³/mol. The van der Waals surface area contributed by atoms with Gasteiger partial charge < -0.3 is 9.64 Å². The summed E-state index contributed by atoms with van der Waals surface area (Å²) >= 11 is 1.21. The molecule has 10 heteroatoms. The second-order valence-electron chi connectivity index (χ2n) is 7.62. The third-order valence-electron chi connectivity index (χ3n) is 4.32. The number of thioether (sulfide) groups is 1. The Kier molecular flexibility index (Phi) is 5.60. The summed E-state index contributed by atoms with van der Waals surface area (Å²) in [5, 5.41) is 4.63. The fourth-order valence-electron chi connectivity index (χ4n) is 2.86. The molecule has 0 atom stereocenters. The van der Waals surface area contributed by atoms with Crippen molar-refractivity contribution >= 4 is 17.9 Å². The number of hydrogen-bond donors (Lipinski definition) is 0. The molecule has 1 aliphatic heterocycles. The minimum atomic E-state index is -2.67. The van der Waals surface area contributed by atoms with E-state index in [-0.39, 0.29) is 17.8 Å². The SMILES string of the molecule is CSc1nc(-c2cnn(C3CN(C(=O)OC(C)(C)C)C3)c2)c(C)c(C(F)F)n1. The lowest BCUT2D eigenvalue weighted by Crippen LogP contribution is -2.52. The maximum absolute atomic E-state index is 13.3. The fourth-order valence-corrected chi connectivity index (χ4v) is 3.23. The van der Waals surface area contributed by atoms with Crippen LogP contribution in [0.15, 0.2) is 17.6 Å². The molecule has 3 heterocycles. The molecule has 1 aliphatic rings. The second kappa shape index (κ2) is 7.65. The maximum Gasteiger partial charge on any atom is 0.410 e. The number of halogens is 2. The summed E-state index contributed by atoms with van der Waals surface area (Å²) in [6.07, 6.45) is 2.09. The average molecular weight is 411 g/mol. The first kappa shape index (κ1) is 20.5. The van der Waals surface area contributed by atoms with Gasteiger partial charge >= 0.3 is 6.09 Å². The Labute approximate surface area is 166 Å². The lowest BCUT2D eigenvalue weighted by molar-refractivity contribution is -0.000384.